The van der Waals surface area contributed by atoms with Crippen LogP contribution in [0, 0.1) is 5.92 Å². The van der Waals surface area contributed by atoms with Crippen molar-refractivity contribution < 1.29 is 19.5 Å². The summed E-state index contributed by atoms with van der Waals surface area (Å²) in [6.07, 6.45) is 7.27. The zero-order chi connectivity index (χ0) is 19.0. The predicted molar refractivity (Wildman–Crippen MR) is 101 cm³/mol. The maximum Gasteiger partial charge on any atom is 0.246 e. The van der Waals surface area contributed by atoms with E-state index < -0.39 is 0 Å². The van der Waals surface area contributed by atoms with Crippen LogP contribution < -0.4 is 15.0 Å². The fourth-order valence-electron chi connectivity index (χ4n) is 4.18. The molecule has 1 aliphatic carbocycles. The van der Waals surface area contributed by atoms with Crippen LogP contribution in [-0.4, -0.2) is 34.9 Å². The molecule has 0 radical (unpaired) electrons. The number of rotatable bonds is 4. The van der Waals surface area contributed by atoms with E-state index in [4.69, 9.17) is 14.7 Å². The molecule has 1 fully saturated rings. The first-order valence-electron chi connectivity index (χ1n) is 9.11. The lowest BCUT2D eigenvalue weighted by atomic mass is 9.85. The topological polar surface area (TPSA) is 85.6 Å². The monoisotopic (exact) mass is 369 g/mol. The molecule has 2 N–H and O–H groups in total. The molecule has 0 saturated heterocycles. The van der Waals surface area contributed by atoms with E-state index in [1.54, 1.807) is 19.7 Å². The number of fused-ring (bicyclic) bond motifs is 3. The summed E-state index contributed by atoms with van der Waals surface area (Å²) in [4.78, 5) is 16.2. The molecule has 1 saturated carbocycles. The summed E-state index contributed by atoms with van der Waals surface area (Å²) in [6, 6.07) is 6.26. The van der Waals surface area contributed by atoms with Crippen molar-refractivity contribution in [2.45, 2.75) is 31.7 Å². The van der Waals surface area contributed by atoms with Crippen LogP contribution in [0.15, 0.2) is 30.6 Å². The second-order valence-corrected chi connectivity index (χ2v) is 6.99. The molecule has 0 aliphatic heterocycles. The second kappa shape index (κ2) is 7.08. The van der Waals surface area contributed by atoms with Crippen LogP contribution in [-0.2, 0) is 4.79 Å². The number of benzene rings is 1. The quantitative estimate of drug-likeness (QED) is 0.543. The Morgan fingerprint density at radius 1 is 1.19 bits per heavy atom. The number of hydrogen-bond acceptors (Lipinski definition) is 5. The number of nitrogens with zero attached hydrogens (tertiary/aromatic N) is 2. The Kier molecular flexibility index (Phi) is 4.61. The molecule has 0 unspecified atom stereocenters. The van der Waals surface area contributed by atoms with Crippen LogP contribution in [0.3, 0.4) is 0 Å². The van der Waals surface area contributed by atoms with Crippen molar-refractivity contribution in [2.24, 2.45) is 5.92 Å². The van der Waals surface area contributed by atoms with Gasteiger partial charge in [-0.2, -0.15) is 0 Å². The number of aromatic nitrogens is 2. The summed E-state index contributed by atoms with van der Waals surface area (Å²) in [5.74, 6) is 0.939. The van der Waals surface area contributed by atoms with Crippen molar-refractivity contribution in [3.63, 3.8) is 0 Å². The Balaban J connectivity index is 1.76. The van der Waals surface area contributed by atoms with Crippen LogP contribution in [0.1, 0.15) is 31.7 Å². The second-order valence-electron chi connectivity index (χ2n) is 6.99. The average Bonchev–Trinajstić information content (AvgIpc) is 3.16. The fourth-order valence-corrected chi connectivity index (χ4v) is 4.18. The van der Waals surface area contributed by atoms with Gasteiger partial charge in [0, 0.05) is 41.2 Å². The zero-order valence-electron chi connectivity index (χ0n) is 15.4. The molecule has 2 aromatic heterocycles. The third-order valence-corrected chi connectivity index (χ3v) is 5.62. The van der Waals surface area contributed by atoms with E-state index in [9.17, 15) is 4.79 Å². The Bertz CT molecular complexity index is 990. The molecule has 2 heterocycles. The van der Waals surface area contributed by atoms with Gasteiger partial charge in [0.05, 0.1) is 25.3 Å². The molecule has 4 rings (SSSR count). The van der Waals surface area contributed by atoms with E-state index >= 15 is 0 Å². The zero-order valence-corrected chi connectivity index (χ0v) is 15.4. The molecule has 3 aromatic rings. The molecule has 0 spiro atoms. The highest BCUT2D eigenvalue weighted by Gasteiger charge is 2.27. The maximum absolute atomic E-state index is 11.7. The van der Waals surface area contributed by atoms with Crippen molar-refractivity contribution in [3.05, 3.63) is 30.6 Å². The number of pyridine rings is 1. The highest BCUT2D eigenvalue weighted by Crippen LogP contribution is 2.39. The summed E-state index contributed by atoms with van der Waals surface area (Å²) < 4.78 is 13.2. The van der Waals surface area contributed by atoms with Crippen molar-refractivity contribution in [1.29, 1.82) is 0 Å². The Morgan fingerprint density at radius 2 is 1.89 bits per heavy atom. The molecule has 27 heavy (non-hydrogen) atoms. The van der Waals surface area contributed by atoms with E-state index in [-0.39, 0.29) is 11.8 Å². The predicted octanol–water partition coefficient (Wildman–Crippen LogP) is 3.44. The molecule has 1 aromatic carbocycles. The standard InChI is InChI=1S/C20H23N3O4/c1-26-17-9-15-16(10-18(17)27-2)21-11-13-7-8-23(19(13)15)14-5-3-12(4-6-14)20(24)22-25/h7-12,14,25H,3-6H2,1-2H3,(H,22,24)/t12-,14-. The van der Waals surface area contributed by atoms with Gasteiger partial charge in [-0.3, -0.25) is 15.0 Å². The number of carbonyl (C=O) groups is 1. The number of nitrogens with one attached hydrogen (secondary N) is 1. The summed E-state index contributed by atoms with van der Waals surface area (Å²) >= 11 is 0. The molecule has 0 atom stereocenters. The number of ether oxygens (including phenoxy) is 2. The molecule has 1 amide bonds. The summed E-state index contributed by atoms with van der Waals surface area (Å²) in [5.41, 5.74) is 3.76. The first-order chi connectivity index (χ1) is 13.2. The number of methoxy groups -OCH3 is 2. The Morgan fingerprint density at radius 3 is 2.56 bits per heavy atom. The summed E-state index contributed by atoms with van der Waals surface area (Å²) in [7, 11) is 3.25. The summed E-state index contributed by atoms with van der Waals surface area (Å²) in [6.45, 7) is 0. The van der Waals surface area contributed by atoms with Gasteiger partial charge in [-0.15, -0.1) is 0 Å². The van der Waals surface area contributed by atoms with Crippen molar-refractivity contribution in [2.75, 3.05) is 14.2 Å². The highest BCUT2D eigenvalue weighted by molar-refractivity contribution is 6.05. The minimum Gasteiger partial charge on any atom is -0.493 e. The Labute approximate surface area is 156 Å². The smallest absolute Gasteiger partial charge is 0.246 e. The van der Waals surface area contributed by atoms with Gasteiger partial charge in [0.1, 0.15) is 0 Å². The molecular weight excluding hydrogens is 346 g/mol. The minimum absolute atomic E-state index is 0.115. The van der Waals surface area contributed by atoms with Gasteiger partial charge in [0.15, 0.2) is 11.5 Å². The van der Waals surface area contributed by atoms with E-state index in [1.165, 1.54) is 0 Å². The van der Waals surface area contributed by atoms with Crippen molar-refractivity contribution in [1.82, 2.24) is 15.0 Å². The lowest BCUT2D eigenvalue weighted by molar-refractivity contribution is -0.134. The van der Waals surface area contributed by atoms with Gasteiger partial charge >= 0.3 is 0 Å². The minimum atomic E-state index is -0.280. The maximum atomic E-state index is 11.7. The molecule has 142 valence electrons. The summed E-state index contributed by atoms with van der Waals surface area (Å²) in [5, 5.41) is 10.9. The van der Waals surface area contributed by atoms with Gasteiger partial charge in [-0.25, -0.2) is 5.48 Å². The number of carbonyl (C=O) groups excluding carboxylic acids is 1. The molecular formula is C20H23N3O4. The van der Waals surface area contributed by atoms with Crippen LogP contribution in [0.2, 0.25) is 0 Å². The first-order valence-corrected chi connectivity index (χ1v) is 9.11. The largest absolute Gasteiger partial charge is 0.493 e. The Hall–Kier alpha value is -2.80. The van der Waals surface area contributed by atoms with Crippen molar-refractivity contribution in [3.8, 4) is 11.5 Å². The number of hydroxylamine groups is 1. The van der Waals surface area contributed by atoms with Crippen LogP contribution in [0.25, 0.3) is 21.8 Å². The molecule has 1 aliphatic rings. The van der Waals surface area contributed by atoms with Crippen molar-refractivity contribution >= 4 is 27.7 Å². The van der Waals surface area contributed by atoms with Crippen LogP contribution >= 0.6 is 0 Å². The van der Waals surface area contributed by atoms with E-state index in [0.717, 1.165) is 47.5 Å². The average molecular weight is 369 g/mol. The SMILES string of the molecule is COc1cc2ncc3ccn([C@H]4CC[C@H](C(=O)NO)CC4)c3c2cc1OC. The number of amides is 1. The third-order valence-electron chi connectivity index (χ3n) is 5.62. The molecule has 7 nitrogen and oxygen atoms in total. The number of hydrogen-bond donors (Lipinski definition) is 2. The van der Waals surface area contributed by atoms with Gasteiger partial charge in [0.2, 0.25) is 5.91 Å². The van der Waals surface area contributed by atoms with Gasteiger partial charge < -0.3 is 14.0 Å². The normalized spacial score (nSPS) is 20.0. The van der Waals surface area contributed by atoms with Gasteiger partial charge in [-0.05, 0) is 37.8 Å². The lowest BCUT2D eigenvalue weighted by Crippen LogP contribution is -2.31. The van der Waals surface area contributed by atoms with E-state index in [1.807, 2.05) is 18.3 Å². The molecule has 0 bridgehead atoms. The molecule has 7 heteroatoms. The van der Waals surface area contributed by atoms with Crippen LogP contribution in [0.5, 0.6) is 11.5 Å². The lowest BCUT2D eigenvalue weighted by Gasteiger charge is -2.29. The van der Waals surface area contributed by atoms with Gasteiger partial charge in [0.25, 0.3) is 0 Å². The van der Waals surface area contributed by atoms with E-state index in [0.29, 0.717) is 17.5 Å². The van der Waals surface area contributed by atoms with E-state index in [2.05, 4.69) is 21.8 Å². The fraction of sp³-hybridized carbons (Fsp3) is 0.400. The third kappa shape index (κ3) is 2.98. The van der Waals surface area contributed by atoms with Gasteiger partial charge in [-0.1, -0.05) is 0 Å². The highest BCUT2D eigenvalue weighted by atomic mass is 16.5. The van der Waals surface area contributed by atoms with Crippen LogP contribution in [0.4, 0.5) is 0 Å². The first kappa shape index (κ1) is 17.6.